The van der Waals surface area contributed by atoms with Gasteiger partial charge in [-0.15, -0.1) is 0 Å². The fourth-order valence-electron chi connectivity index (χ4n) is 5.47. The number of aromatic nitrogens is 2. The average Bonchev–Trinajstić information content (AvgIpc) is 2.81. The van der Waals surface area contributed by atoms with Crippen molar-refractivity contribution in [2.75, 3.05) is 12.4 Å². The lowest BCUT2D eigenvalue weighted by Crippen LogP contribution is -2.48. The molecule has 0 spiro atoms. The SMILES string of the molecule is CONC(=O)Nc1cccc(-n2c([C@H](C)O[Si](C(C)C)(C(C)C)C(C)C)nc3cccc(Cl)c3c2=O)c1. The van der Waals surface area contributed by atoms with Gasteiger partial charge in [0.15, 0.2) is 0 Å². The molecule has 0 saturated carbocycles. The second-order valence-corrected chi connectivity index (χ2v) is 15.9. The third kappa shape index (κ3) is 5.74. The largest absolute Gasteiger partial charge is 0.406 e. The van der Waals surface area contributed by atoms with Crippen LogP contribution in [0.3, 0.4) is 0 Å². The zero-order valence-corrected chi connectivity index (χ0v) is 24.5. The molecule has 3 rings (SSSR count). The number of urea groups is 1. The maximum absolute atomic E-state index is 14.0. The molecule has 1 aromatic heterocycles. The molecule has 0 bridgehead atoms. The lowest BCUT2D eigenvalue weighted by atomic mass is 10.2. The number of nitrogens with one attached hydrogen (secondary N) is 2. The standard InChI is InChI=1S/C27H37ClN4O4Si/c1-16(2)37(17(3)4,18(5)6)36-19(7)25-30-23-14-10-13-22(28)24(23)26(33)32(25)21-12-9-11-20(15-21)29-27(34)31-35-8/h9-19H,1-8H3,(H2,29,31,34)/t19-/m0/s1. The molecule has 2 amide bonds. The number of rotatable bonds is 9. The summed E-state index contributed by atoms with van der Waals surface area (Å²) in [5.41, 5.74) is 4.52. The summed E-state index contributed by atoms with van der Waals surface area (Å²) in [6.07, 6.45) is -0.469. The van der Waals surface area contributed by atoms with Gasteiger partial charge in [0.25, 0.3) is 5.56 Å². The first kappa shape index (κ1) is 28.8. The number of halogens is 1. The van der Waals surface area contributed by atoms with Crippen LogP contribution in [-0.2, 0) is 9.26 Å². The van der Waals surface area contributed by atoms with Crippen LogP contribution in [0.2, 0.25) is 21.6 Å². The molecule has 0 aliphatic carbocycles. The maximum Gasteiger partial charge on any atom is 0.343 e. The lowest BCUT2D eigenvalue weighted by molar-refractivity contribution is 0.114. The highest BCUT2D eigenvalue weighted by molar-refractivity contribution is 6.77. The summed E-state index contributed by atoms with van der Waals surface area (Å²) in [4.78, 5) is 35.5. The third-order valence-electron chi connectivity index (χ3n) is 6.88. The molecule has 2 N–H and O–H groups in total. The van der Waals surface area contributed by atoms with Gasteiger partial charge in [0.2, 0.25) is 8.32 Å². The summed E-state index contributed by atoms with van der Waals surface area (Å²) in [7, 11) is -0.946. The molecule has 0 aliphatic heterocycles. The van der Waals surface area contributed by atoms with Gasteiger partial charge in [-0.3, -0.25) is 14.2 Å². The van der Waals surface area contributed by atoms with Crippen LogP contribution < -0.4 is 16.4 Å². The molecule has 200 valence electrons. The Morgan fingerprint density at radius 1 is 1.00 bits per heavy atom. The first-order valence-corrected chi connectivity index (χ1v) is 15.0. The minimum atomic E-state index is -2.30. The van der Waals surface area contributed by atoms with E-state index in [2.05, 4.69) is 57.2 Å². The molecule has 0 aliphatic rings. The van der Waals surface area contributed by atoms with E-state index in [4.69, 9.17) is 21.0 Å². The van der Waals surface area contributed by atoms with Crippen LogP contribution in [0.15, 0.2) is 47.3 Å². The molecule has 10 heteroatoms. The minimum Gasteiger partial charge on any atom is -0.406 e. The van der Waals surface area contributed by atoms with Crippen molar-refractivity contribution in [3.63, 3.8) is 0 Å². The number of amides is 2. The van der Waals surface area contributed by atoms with Crippen molar-refractivity contribution in [1.82, 2.24) is 15.0 Å². The van der Waals surface area contributed by atoms with E-state index in [9.17, 15) is 9.59 Å². The lowest BCUT2D eigenvalue weighted by Gasteiger charge is -2.44. The van der Waals surface area contributed by atoms with Crippen molar-refractivity contribution in [3.8, 4) is 5.69 Å². The van der Waals surface area contributed by atoms with E-state index < -0.39 is 20.5 Å². The zero-order valence-electron chi connectivity index (χ0n) is 22.8. The molecule has 0 radical (unpaired) electrons. The average molecular weight is 545 g/mol. The van der Waals surface area contributed by atoms with Gasteiger partial charge in [0.1, 0.15) is 11.9 Å². The number of nitrogens with zero attached hydrogens (tertiary/aromatic N) is 2. The number of anilines is 1. The van der Waals surface area contributed by atoms with Crippen molar-refractivity contribution in [2.24, 2.45) is 0 Å². The van der Waals surface area contributed by atoms with Gasteiger partial charge in [0, 0.05) is 5.69 Å². The van der Waals surface area contributed by atoms with E-state index in [0.717, 1.165) is 0 Å². The van der Waals surface area contributed by atoms with Crippen LogP contribution in [0.5, 0.6) is 0 Å². The fraction of sp³-hybridized carbons (Fsp3) is 0.444. The molecular formula is C27H37ClN4O4Si. The van der Waals surface area contributed by atoms with E-state index in [0.29, 0.717) is 49.7 Å². The summed E-state index contributed by atoms with van der Waals surface area (Å²) in [6, 6.07) is 11.7. The Hall–Kier alpha value is -2.72. The van der Waals surface area contributed by atoms with Crippen LogP contribution in [-0.4, -0.2) is 31.0 Å². The minimum absolute atomic E-state index is 0.301. The number of hydrogen-bond donors (Lipinski definition) is 2. The Morgan fingerprint density at radius 2 is 1.62 bits per heavy atom. The summed E-state index contributed by atoms with van der Waals surface area (Å²) < 4.78 is 8.56. The maximum atomic E-state index is 14.0. The molecule has 8 nitrogen and oxygen atoms in total. The fourth-order valence-corrected chi connectivity index (χ4v) is 11.3. The molecule has 0 unspecified atom stereocenters. The first-order valence-electron chi connectivity index (χ1n) is 12.5. The van der Waals surface area contributed by atoms with Crippen LogP contribution in [0, 0.1) is 0 Å². The second kappa shape index (κ2) is 11.8. The highest BCUT2D eigenvalue weighted by Crippen LogP contribution is 2.45. The van der Waals surface area contributed by atoms with E-state index in [-0.39, 0.29) is 5.56 Å². The number of carbonyl (C=O) groups excluding carboxylic acids is 1. The van der Waals surface area contributed by atoms with Crippen molar-refractivity contribution < 1.29 is 14.1 Å². The van der Waals surface area contributed by atoms with Crippen LogP contribution in [0.25, 0.3) is 16.6 Å². The van der Waals surface area contributed by atoms with E-state index in [1.165, 1.54) is 7.11 Å². The second-order valence-electron chi connectivity index (χ2n) is 10.1. The van der Waals surface area contributed by atoms with E-state index >= 15 is 0 Å². The highest BCUT2D eigenvalue weighted by atomic mass is 35.5. The monoisotopic (exact) mass is 544 g/mol. The van der Waals surface area contributed by atoms with E-state index in [1.807, 2.05) is 6.92 Å². The van der Waals surface area contributed by atoms with Crippen LogP contribution >= 0.6 is 11.6 Å². The summed E-state index contributed by atoms with van der Waals surface area (Å²) in [6.45, 7) is 15.3. The van der Waals surface area contributed by atoms with Crippen molar-refractivity contribution >= 4 is 42.5 Å². The summed E-state index contributed by atoms with van der Waals surface area (Å²) in [5, 5.41) is 3.35. The van der Waals surface area contributed by atoms with Crippen LogP contribution in [0.4, 0.5) is 10.5 Å². The van der Waals surface area contributed by atoms with E-state index in [1.54, 1.807) is 47.0 Å². The molecule has 2 aromatic carbocycles. The third-order valence-corrected chi connectivity index (χ3v) is 13.4. The summed E-state index contributed by atoms with van der Waals surface area (Å²) in [5.74, 6) is 0.483. The van der Waals surface area contributed by atoms with Gasteiger partial charge in [0.05, 0.1) is 28.7 Å². The first-order chi connectivity index (χ1) is 17.4. The predicted molar refractivity (Wildman–Crippen MR) is 152 cm³/mol. The predicted octanol–water partition coefficient (Wildman–Crippen LogP) is 6.98. The summed E-state index contributed by atoms with van der Waals surface area (Å²) >= 11 is 6.46. The molecule has 3 aromatic rings. The Kier molecular flexibility index (Phi) is 9.17. The van der Waals surface area contributed by atoms with Gasteiger partial charge in [-0.1, -0.05) is 65.3 Å². The van der Waals surface area contributed by atoms with Crippen molar-refractivity contribution in [2.45, 2.75) is 71.2 Å². The van der Waals surface area contributed by atoms with Crippen LogP contribution in [0.1, 0.15) is 60.4 Å². The quantitative estimate of drug-likeness (QED) is 0.224. The smallest absolute Gasteiger partial charge is 0.343 e. The normalized spacial score (nSPS) is 13.0. The zero-order chi connectivity index (χ0) is 27.5. The molecule has 0 saturated heterocycles. The number of hydrogen-bond acceptors (Lipinski definition) is 5. The number of carbonyl (C=O) groups is 1. The molecule has 1 atom stereocenters. The molecule has 1 heterocycles. The van der Waals surface area contributed by atoms with Gasteiger partial charge >= 0.3 is 6.03 Å². The molecule has 37 heavy (non-hydrogen) atoms. The topological polar surface area (TPSA) is 94.5 Å². The molecule has 0 fully saturated rings. The Balaban J connectivity index is 2.25. The number of hydroxylamine groups is 1. The van der Waals surface area contributed by atoms with Gasteiger partial charge in [-0.05, 0) is 53.9 Å². The Morgan fingerprint density at radius 3 is 2.22 bits per heavy atom. The Labute approximate surface area is 224 Å². The van der Waals surface area contributed by atoms with Crippen molar-refractivity contribution in [1.29, 1.82) is 0 Å². The number of fused-ring (bicyclic) bond motifs is 1. The molecular weight excluding hydrogens is 508 g/mol. The number of benzene rings is 2. The highest BCUT2D eigenvalue weighted by Gasteiger charge is 2.46. The van der Waals surface area contributed by atoms with Gasteiger partial charge < -0.3 is 9.74 Å². The van der Waals surface area contributed by atoms with Gasteiger partial charge in [-0.25, -0.2) is 15.3 Å². The van der Waals surface area contributed by atoms with Crippen molar-refractivity contribution in [3.05, 3.63) is 63.7 Å². The Bertz CT molecular complexity index is 1300. The van der Waals surface area contributed by atoms with Gasteiger partial charge in [-0.2, -0.15) is 0 Å².